The Balaban J connectivity index is 1.59. The summed E-state index contributed by atoms with van der Waals surface area (Å²) < 4.78 is 0. The molecule has 4 nitrogen and oxygen atoms in total. The number of carbonyl (C=O) groups excluding carboxylic acids is 1. The van der Waals surface area contributed by atoms with E-state index >= 15 is 0 Å². The number of rotatable bonds is 6. The van der Waals surface area contributed by atoms with Crippen LogP contribution in [0.5, 0.6) is 0 Å². The number of amides is 1. The van der Waals surface area contributed by atoms with Crippen LogP contribution in [-0.4, -0.2) is 16.3 Å². The Morgan fingerprint density at radius 3 is 2.33 bits per heavy atom. The highest BCUT2D eigenvalue weighted by atomic mass is 35.5. The monoisotopic (exact) mass is 475 g/mol. The van der Waals surface area contributed by atoms with Gasteiger partial charge in [-0.15, -0.1) is 11.8 Å². The molecule has 0 spiro atoms. The predicted octanol–water partition coefficient (Wildman–Crippen LogP) is 6.92. The molecule has 1 unspecified atom stereocenters. The second kappa shape index (κ2) is 10.7. The molecule has 0 aromatic heterocycles. The smallest absolute Gasteiger partial charge is 0.237 e. The number of para-hydroxylation sites is 1. The lowest BCUT2D eigenvalue weighted by molar-refractivity contribution is -0.115. The third kappa shape index (κ3) is 6.37. The van der Waals surface area contributed by atoms with Gasteiger partial charge >= 0.3 is 0 Å². The quantitative estimate of drug-likeness (QED) is 0.266. The minimum Gasteiger partial charge on any atom is -0.332 e. The molecule has 3 aromatic rings. The molecular weight excluding hydrogens is 457 g/mol. The molecule has 0 aliphatic heterocycles. The van der Waals surface area contributed by atoms with Crippen LogP contribution in [0.4, 0.5) is 17.1 Å². The molecule has 0 saturated heterocycles. The Morgan fingerprint density at radius 1 is 0.900 bits per heavy atom. The number of thiocarbonyl (C=S) groups is 1. The van der Waals surface area contributed by atoms with Crippen LogP contribution < -0.4 is 16.0 Å². The van der Waals surface area contributed by atoms with E-state index in [0.717, 1.165) is 16.3 Å². The molecule has 0 radical (unpaired) electrons. The average molecular weight is 476 g/mol. The van der Waals surface area contributed by atoms with Crippen molar-refractivity contribution in [3.63, 3.8) is 0 Å². The van der Waals surface area contributed by atoms with Gasteiger partial charge in [0.05, 0.1) is 21.0 Å². The second-order valence-electron chi connectivity index (χ2n) is 6.32. The lowest BCUT2D eigenvalue weighted by Gasteiger charge is -2.15. The number of hydrogen-bond donors (Lipinski definition) is 3. The van der Waals surface area contributed by atoms with Crippen molar-refractivity contribution in [3.05, 3.63) is 82.8 Å². The van der Waals surface area contributed by atoms with Crippen LogP contribution in [0.2, 0.25) is 10.0 Å². The van der Waals surface area contributed by atoms with Gasteiger partial charge in [-0.2, -0.15) is 0 Å². The Hall–Kier alpha value is -2.25. The van der Waals surface area contributed by atoms with E-state index in [9.17, 15) is 4.79 Å². The summed E-state index contributed by atoms with van der Waals surface area (Å²) in [6, 6.07) is 22.5. The summed E-state index contributed by atoms with van der Waals surface area (Å²) >= 11 is 19.0. The summed E-state index contributed by atoms with van der Waals surface area (Å²) in [6.45, 7) is 1.83. The van der Waals surface area contributed by atoms with Crippen LogP contribution in [0.15, 0.2) is 77.7 Å². The minimum absolute atomic E-state index is 0.163. The van der Waals surface area contributed by atoms with Crippen molar-refractivity contribution >= 4 is 75.3 Å². The molecular formula is C22H19Cl2N3OS2. The number of benzene rings is 3. The van der Waals surface area contributed by atoms with E-state index in [2.05, 4.69) is 16.0 Å². The fraction of sp³-hybridized carbons (Fsp3) is 0.0909. The number of hydrogen-bond acceptors (Lipinski definition) is 3. The Bertz CT molecular complexity index is 1050. The first kappa shape index (κ1) is 22.4. The van der Waals surface area contributed by atoms with Crippen LogP contribution in [0.25, 0.3) is 0 Å². The maximum atomic E-state index is 12.6. The molecule has 1 amide bonds. The summed E-state index contributed by atoms with van der Waals surface area (Å²) in [5.74, 6) is -0.163. The molecule has 8 heteroatoms. The largest absolute Gasteiger partial charge is 0.332 e. The van der Waals surface area contributed by atoms with Crippen molar-refractivity contribution in [2.24, 2.45) is 0 Å². The van der Waals surface area contributed by atoms with Gasteiger partial charge in [0, 0.05) is 16.3 Å². The van der Waals surface area contributed by atoms with E-state index < -0.39 is 0 Å². The zero-order valence-corrected chi connectivity index (χ0v) is 19.1. The molecule has 3 rings (SSSR count). The van der Waals surface area contributed by atoms with Crippen LogP contribution in [-0.2, 0) is 4.79 Å². The highest BCUT2D eigenvalue weighted by Gasteiger charge is 2.16. The first-order valence-corrected chi connectivity index (χ1v) is 11.1. The first-order valence-electron chi connectivity index (χ1n) is 9.07. The van der Waals surface area contributed by atoms with E-state index in [0.29, 0.717) is 20.8 Å². The number of nitrogens with one attached hydrogen (secondary N) is 3. The van der Waals surface area contributed by atoms with E-state index in [4.69, 9.17) is 35.4 Å². The average Bonchev–Trinajstić information content (AvgIpc) is 2.72. The number of carbonyl (C=O) groups is 1. The highest BCUT2D eigenvalue weighted by Crippen LogP contribution is 2.31. The Kier molecular flexibility index (Phi) is 7.99. The van der Waals surface area contributed by atoms with Gasteiger partial charge in [0.25, 0.3) is 0 Å². The summed E-state index contributed by atoms with van der Waals surface area (Å²) in [6.07, 6.45) is 0. The minimum atomic E-state index is -0.343. The third-order valence-electron chi connectivity index (χ3n) is 4.02. The van der Waals surface area contributed by atoms with Crippen molar-refractivity contribution in [1.82, 2.24) is 0 Å². The van der Waals surface area contributed by atoms with Crippen LogP contribution in [0.3, 0.4) is 0 Å². The van der Waals surface area contributed by atoms with E-state index in [1.54, 1.807) is 18.2 Å². The molecule has 0 bridgehead atoms. The zero-order valence-electron chi connectivity index (χ0n) is 16.0. The molecule has 3 N–H and O–H groups in total. The van der Waals surface area contributed by atoms with Crippen molar-refractivity contribution in [2.45, 2.75) is 17.1 Å². The molecule has 3 aromatic carbocycles. The molecule has 0 fully saturated rings. The Morgan fingerprint density at radius 2 is 1.57 bits per heavy atom. The second-order valence-corrected chi connectivity index (χ2v) is 8.93. The maximum Gasteiger partial charge on any atom is 0.237 e. The summed E-state index contributed by atoms with van der Waals surface area (Å²) in [7, 11) is 0. The topological polar surface area (TPSA) is 53.2 Å². The molecule has 154 valence electrons. The number of thioether (sulfide) groups is 1. The van der Waals surface area contributed by atoms with Gasteiger partial charge in [-0.1, -0.05) is 53.5 Å². The van der Waals surface area contributed by atoms with Gasteiger partial charge < -0.3 is 16.0 Å². The Labute approximate surface area is 195 Å². The molecule has 0 heterocycles. The predicted molar refractivity (Wildman–Crippen MR) is 133 cm³/mol. The number of halogens is 2. The van der Waals surface area contributed by atoms with Crippen LogP contribution in [0.1, 0.15) is 6.92 Å². The van der Waals surface area contributed by atoms with Crippen molar-refractivity contribution in [1.29, 1.82) is 0 Å². The third-order valence-corrected chi connectivity index (χ3v) is 6.13. The van der Waals surface area contributed by atoms with Gasteiger partial charge in [-0.3, -0.25) is 4.79 Å². The zero-order chi connectivity index (χ0) is 21.5. The summed E-state index contributed by atoms with van der Waals surface area (Å²) in [5, 5.41) is 9.99. The van der Waals surface area contributed by atoms with Gasteiger partial charge in [-0.05, 0) is 61.6 Å². The number of anilines is 3. The van der Waals surface area contributed by atoms with Crippen molar-refractivity contribution < 1.29 is 4.79 Å². The van der Waals surface area contributed by atoms with Gasteiger partial charge in [0.1, 0.15) is 0 Å². The molecule has 0 aliphatic rings. The van der Waals surface area contributed by atoms with Gasteiger partial charge in [-0.25, -0.2) is 0 Å². The van der Waals surface area contributed by atoms with Gasteiger partial charge in [0.15, 0.2) is 5.11 Å². The lowest BCUT2D eigenvalue weighted by atomic mass is 10.3. The summed E-state index contributed by atoms with van der Waals surface area (Å²) in [5.41, 5.74) is 2.23. The van der Waals surface area contributed by atoms with Crippen LogP contribution >= 0.6 is 47.2 Å². The fourth-order valence-electron chi connectivity index (χ4n) is 2.55. The standard InChI is InChI=1S/C22H19Cl2N3OS2/c1-14(21(28)27-19-12-6-11-18(23)20(19)24)30-17-10-5-9-16(13-17)26-22(29)25-15-7-3-2-4-8-15/h2-14H,1H3,(H,27,28)(H2,25,26,29). The van der Waals surface area contributed by atoms with Crippen LogP contribution in [0, 0.1) is 0 Å². The fourth-order valence-corrected chi connectivity index (χ4v) is 4.06. The highest BCUT2D eigenvalue weighted by molar-refractivity contribution is 8.00. The van der Waals surface area contributed by atoms with E-state index in [1.807, 2.05) is 61.5 Å². The molecule has 0 aliphatic carbocycles. The molecule has 30 heavy (non-hydrogen) atoms. The summed E-state index contributed by atoms with van der Waals surface area (Å²) in [4.78, 5) is 13.5. The van der Waals surface area contributed by atoms with Crippen molar-refractivity contribution in [2.75, 3.05) is 16.0 Å². The van der Waals surface area contributed by atoms with E-state index in [-0.39, 0.29) is 11.2 Å². The first-order chi connectivity index (χ1) is 14.4. The normalized spacial score (nSPS) is 11.4. The molecule has 0 saturated carbocycles. The van der Waals surface area contributed by atoms with Gasteiger partial charge in [0.2, 0.25) is 5.91 Å². The lowest BCUT2D eigenvalue weighted by Crippen LogP contribution is -2.22. The molecule has 1 atom stereocenters. The van der Waals surface area contributed by atoms with E-state index in [1.165, 1.54) is 11.8 Å². The van der Waals surface area contributed by atoms with Crippen molar-refractivity contribution in [3.8, 4) is 0 Å². The SMILES string of the molecule is CC(Sc1cccc(NC(=S)Nc2ccccc2)c1)C(=O)Nc1cccc(Cl)c1Cl. The maximum absolute atomic E-state index is 12.6.